The summed E-state index contributed by atoms with van der Waals surface area (Å²) in [6.45, 7) is 4.24. The zero-order valence-electron chi connectivity index (χ0n) is 10.4. The third-order valence-corrected chi connectivity index (χ3v) is 1.15. The third kappa shape index (κ3) is 22.1. The molecule has 0 atom stereocenters. The fourth-order valence-electron chi connectivity index (χ4n) is 0.355. The number of carboxylic acid groups (broad SMARTS) is 2. The summed E-state index contributed by atoms with van der Waals surface area (Å²) in [5, 5.41) is 20.0. The second-order valence-corrected chi connectivity index (χ2v) is 2.76. The third-order valence-electron chi connectivity index (χ3n) is 1.15. The molecule has 0 aromatic rings. The number of hydrogen-bond donors (Lipinski definition) is 4. The monoisotopic (exact) mass is 366 g/mol. The van der Waals surface area contributed by atoms with E-state index in [1.807, 2.05) is 5.32 Å². The SMILES string of the molecule is C=C(C)C(=O)O.COCOC(=O)NCNC(=O)O.[Ru]. The molecular weight excluding hydrogens is 349 g/mol. The van der Waals surface area contributed by atoms with Crippen LogP contribution in [0.5, 0.6) is 0 Å². The molecule has 0 rings (SSSR count). The van der Waals surface area contributed by atoms with Crippen molar-refractivity contribution in [2.45, 2.75) is 6.92 Å². The second kappa shape index (κ2) is 14.4. The van der Waals surface area contributed by atoms with Crippen LogP contribution in [0.2, 0.25) is 0 Å². The molecule has 2 amide bonds. The maximum Gasteiger partial charge on any atom is 0.410 e. The van der Waals surface area contributed by atoms with Gasteiger partial charge in [-0.1, -0.05) is 6.58 Å². The molecular formula is C9H16N2O7Ru. The van der Waals surface area contributed by atoms with Crippen LogP contribution in [0.3, 0.4) is 0 Å². The van der Waals surface area contributed by atoms with Crippen LogP contribution in [0.15, 0.2) is 12.2 Å². The maximum absolute atomic E-state index is 10.5. The van der Waals surface area contributed by atoms with Crippen molar-refractivity contribution in [2.24, 2.45) is 0 Å². The van der Waals surface area contributed by atoms with Gasteiger partial charge in [-0.3, -0.25) is 0 Å². The quantitative estimate of drug-likeness (QED) is 0.310. The molecule has 0 radical (unpaired) electrons. The molecule has 112 valence electrons. The first-order valence-corrected chi connectivity index (χ1v) is 4.56. The topological polar surface area (TPSA) is 134 Å². The van der Waals surface area contributed by atoms with Gasteiger partial charge in [0.25, 0.3) is 0 Å². The molecule has 0 aliphatic heterocycles. The summed E-state index contributed by atoms with van der Waals surface area (Å²) in [5.41, 5.74) is 0.176. The number of methoxy groups -OCH3 is 1. The fraction of sp³-hybridized carbons (Fsp3) is 0.444. The van der Waals surface area contributed by atoms with Gasteiger partial charge < -0.3 is 30.3 Å². The van der Waals surface area contributed by atoms with E-state index < -0.39 is 18.2 Å². The number of carbonyl (C=O) groups excluding carboxylic acids is 1. The van der Waals surface area contributed by atoms with Gasteiger partial charge in [0.1, 0.15) is 0 Å². The summed E-state index contributed by atoms with van der Waals surface area (Å²) < 4.78 is 8.79. The Morgan fingerprint density at radius 3 is 2.00 bits per heavy atom. The summed E-state index contributed by atoms with van der Waals surface area (Å²) in [6, 6.07) is 0. The van der Waals surface area contributed by atoms with Gasteiger partial charge in [0.15, 0.2) is 6.79 Å². The second-order valence-electron chi connectivity index (χ2n) is 2.76. The first-order valence-electron chi connectivity index (χ1n) is 4.56. The molecule has 0 saturated heterocycles. The average Bonchev–Trinajstić information content (AvgIpc) is 2.26. The molecule has 19 heavy (non-hydrogen) atoms. The number of amides is 2. The van der Waals surface area contributed by atoms with Crippen LogP contribution in [-0.2, 0) is 33.7 Å². The van der Waals surface area contributed by atoms with Gasteiger partial charge in [-0.15, -0.1) is 0 Å². The minimum absolute atomic E-state index is 0. The van der Waals surface area contributed by atoms with E-state index >= 15 is 0 Å². The zero-order chi connectivity index (χ0) is 14.6. The minimum Gasteiger partial charge on any atom is -0.478 e. The van der Waals surface area contributed by atoms with Crippen LogP contribution in [0.25, 0.3) is 0 Å². The largest absolute Gasteiger partial charge is 0.478 e. The van der Waals surface area contributed by atoms with Crippen molar-refractivity contribution < 1.29 is 53.5 Å². The Kier molecular flexibility index (Phi) is 17.1. The molecule has 9 nitrogen and oxygen atoms in total. The van der Waals surface area contributed by atoms with Crippen molar-refractivity contribution in [3.8, 4) is 0 Å². The van der Waals surface area contributed by atoms with Crippen LogP contribution in [-0.4, -0.2) is 48.9 Å². The smallest absolute Gasteiger partial charge is 0.410 e. The van der Waals surface area contributed by atoms with Crippen LogP contribution in [0.4, 0.5) is 9.59 Å². The Balaban J connectivity index is -0.000000313. The first kappa shape index (κ1) is 22.5. The summed E-state index contributed by atoms with van der Waals surface area (Å²) in [5.74, 6) is -0.935. The van der Waals surface area contributed by atoms with Gasteiger partial charge in [-0.2, -0.15) is 0 Å². The molecule has 0 fully saturated rings. The van der Waals surface area contributed by atoms with Crippen molar-refractivity contribution in [2.75, 3.05) is 20.6 Å². The van der Waals surface area contributed by atoms with E-state index in [1.54, 1.807) is 0 Å². The van der Waals surface area contributed by atoms with E-state index in [9.17, 15) is 14.4 Å². The van der Waals surface area contributed by atoms with Crippen molar-refractivity contribution in [1.29, 1.82) is 0 Å². The van der Waals surface area contributed by atoms with Gasteiger partial charge in [0.05, 0.1) is 6.67 Å². The average molecular weight is 365 g/mol. The minimum atomic E-state index is -1.22. The summed E-state index contributed by atoms with van der Waals surface area (Å²) in [6.07, 6.45) is -1.97. The molecule has 0 unspecified atom stereocenters. The van der Waals surface area contributed by atoms with Crippen molar-refractivity contribution in [1.82, 2.24) is 10.6 Å². The molecule has 0 bridgehead atoms. The van der Waals surface area contributed by atoms with Crippen LogP contribution in [0.1, 0.15) is 6.92 Å². The first-order chi connectivity index (χ1) is 8.31. The van der Waals surface area contributed by atoms with Gasteiger partial charge in [0, 0.05) is 32.2 Å². The molecule has 0 aromatic carbocycles. The predicted molar refractivity (Wildman–Crippen MR) is 60.0 cm³/mol. The molecule has 0 aliphatic carbocycles. The molecule has 0 aromatic heterocycles. The molecule has 0 aliphatic rings. The zero-order valence-corrected chi connectivity index (χ0v) is 12.1. The fourth-order valence-corrected chi connectivity index (χ4v) is 0.355. The standard InChI is InChI=1S/C5H10N2O5.C4H6O2.Ru/c1-11-3-12-5(10)7-2-6-4(8)9;1-3(2)4(5)6;/h6H,2-3H2,1H3,(H,7,10)(H,8,9);1H2,2H3,(H,5,6);. The van der Waals surface area contributed by atoms with E-state index in [1.165, 1.54) is 14.0 Å². The van der Waals surface area contributed by atoms with Gasteiger partial charge in [0.2, 0.25) is 0 Å². The summed E-state index contributed by atoms with van der Waals surface area (Å²) in [7, 11) is 1.36. The van der Waals surface area contributed by atoms with Crippen molar-refractivity contribution in [3.05, 3.63) is 12.2 Å². The van der Waals surface area contributed by atoms with Gasteiger partial charge >= 0.3 is 18.2 Å². The van der Waals surface area contributed by atoms with Crippen molar-refractivity contribution in [3.63, 3.8) is 0 Å². The molecule has 0 spiro atoms. The Labute approximate surface area is 122 Å². The van der Waals surface area contributed by atoms with Crippen molar-refractivity contribution >= 4 is 18.2 Å². The van der Waals surface area contributed by atoms with E-state index in [-0.39, 0.29) is 38.5 Å². The maximum atomic E-state index is 10.5. The number of hydrogen-bond acceptors (Lipinski definition) is 5. The Morgan fingerprint density at radius 2 is 1.68 bits per heavy atom. The van der Waals surface area contributed by atoms with Gasteiger partial charge in [-0.05, 0) is 6.92 Å². The number of nitrogens with one attached hydrogen (secondary N) is 2. The number of ether oxygens (including phenoxy) is 2. The summed E-state index contributed by atoms with van der Waals surface area (Å²) >= 11 is 0. The normalized spacial score (nSPS) is 7.89. The Hall–Kier alpha value is -1.67. The van der Waals surface area contributed by atoms with Crippen LogP contribution < -0.4 is 10.6 Å². The molecule has 0 heterocycles. The number of alkyl carbamates (subject to hydrolysis) is 1. The van der Waals surface area contributed by atoms with E-state index in [0.717, 1.165) is 0 Å². The van der Waals surface area contributed by atoms with Gasteiger partial charge in [-0.25, -0.2) is 14.4 Å². The molecule has 0 saturated carbocycles. The summed E-state index contributed by atoms with van der Waals surface area (Å²) in [4.78, 5) is 30.0. The predicted octanol–water partition coefficient (Wildman–Crippen LogP) is 0.186. The van der Waals surface area contributed by atoms with Crippen LogP contribution in [0, 0.1) is 0 Å². The molecule has 4 N–H and O–H groups in total. The number of carbonyl (C=O) groups is 3. The number of carboxylic acids is 1. The van der Waals surface area contributed by atoms with E-state index in [4.69, 9.17) is 10.2 Å². The van der Waals surface area contributed by atoms with E-state index in [2.05, 4.69) is 21.4 Å². The Bertz CT molecular complexity index is 297. The number of rotatable bonds is 5. The number of aliphatic carboxylic acids is 1. The van der Waals surface area contributed by atoms with Crippen LogP contribution >= 0.6 is 0 Å². The Morgan fingerprint density at radius 1 is 1.21 bits per heavy atom. The molecule has 10 heteroatoms. The van der Waals surface area contributed by atoms with E-state index in [0.29, 0.717) is 0 Å².